The summed E-state index contributed by atoms with van der Waals surface area (Å²) in [5.41, 5.74) is -0.275. The molecule has 1 fully saturated rings. The Morgan fingerprint density at radius 3 is 2.31 bits per heavy atom. The number of imide groups is 1. The van der Waals surface area contributed by atoms with Crippen LogP contribution in [0.1, 0.15) is 24.1 Å². The standard InChI is InChI=1S/C25H21F3N4O4/c1-24(21(17-11-13-29-14-12-17)30-20(33)15-16-5-3-2-4-6-16)22(34)32(23(35)31-24)18-7-9-19(10-8-18)36-25(26,27)28/h2-14,21H,15H2,1H3,(H,30,33)(H,31,35). The number of aromatic nitrogens is 1. The summed E-state index contributed by atoms with van der Waals surface area (Å²) in [6.07, 6.45) is -1.84. The molecule has 2 atom stereocenters. The number of nitrogens with one attached hydrogen (secondary N) is 2. The van der Waals surface area contributed by atoms with E-state index in [4.69, 9.17) is 0 Å². The number of nitrogens with zero attached hydrogens (tertiary/aromatic N) is 2. The second kappa shape index (κ2) is 9.68. The minimum absolute atomic E-state index is 0.0415. The van der Waals surface area contributed by atoms with Crippen molar-refractivity contribution in [1.82, 2.24) is 15.6 Å². The van der Waals surface area contributed by atoms with Crippen LogP contribution in [0.2, 0.25) is 0 Å². The molecule has 186 valence electrons. The van der Waals surface area contributed by atoms with Gasteiger partial charge >= 0.3 is 12.4 Å². The van der Waals surface area contributed by atoms with Gasteiger partial charge in [-0.15, -0.1) is 13.2 Å². The quantitative estimate of drug-likeness (QED) is 0.482. The number of hydrogen-bond donors (Lipinski definition) is 2. The molecular weight excluding hydrogens is 477 g/mol. The Balaban J connectivity index is 1.61. The van der Waals surface area contributed by atoms with Crippen LogP contribution in [-0.4, -0.2) is 34.7 Å². The highest BCUT2D eigenvalue weighted by molar-refractivity contribution is 6.23. The van der Waals surface area contributed by atoms with Crippen LogP contribution in [0.5, 0.6) is 5.75 Å². The van der Waals surface area contributed by atoms with E-state index in [2.05, 4.69) is 20.4 Å². The molecule has 4 rings (SSSR count). The lowest BCUT2D eigenvalue weighted by molar-refractivity contribution is -0.274. The van der Waals surface area contributed by atoms with Gasteiger partial charge in [-0.1, -0.05) is 30.3 Å². The van der Waals surface area contributed by atoms with E-state index in [0.29, 0.717) is 5.56 Å². The zero-order valence-corrected chi connectivity index (χ0v) is 19.0. The second-order valence-electron chi connectivity index (χ2n) is 8.26. The van der Waals surface area contributed by atoms with E-state index in [1.54, 1.807) is 36.4 Å². The number of carbonyl (C=O) groups is 3. The van der Waals surface area contributed by atoms with Gasteiger partial charge in [-0.3, -0.25) is 14.6 Å². The number of halogens is 3. The number of rotatable bonds is 7. The fourth-order valence-electron chi connectivity index (χ4n) is 3.99. The third kappa shape index (κ3) is 5.29. The van der Waals surface area contributed by atoms with Crippen LogP contribution in [0.15, 0.2) is 79.1 Å². The first-order valence-electron chi connectivity index (χ1n) is 10.8. The maximum atomic E-state index is 13.6. The number of hydrogen-bond acceptors (Lipinski definition) is 5. The predicted molar refractivity (Wildman–Crippen MR) is 123 cm³/mol. The molecule has 11 heteroatoms. The molecule has 2 unspecified atom stereocenters. The Morgan fingerprint density at radius 1 is 1.06 bits per heavy atom. The van der Waals surface area contributed by atoms with Crippen molar-refractivity contribution in [2.24, 2.45) is 0 Å². The minimum Gasteiger partial charge on any atom is -0.406 e. The van der Waals surface area contributed by atoms with Gasteiger partial charge in [0, 0.05) is 12.4 Å². The number of amides is 4. The predicted octanol–water partition coefficient (Wildman–Crippen LogP) is 3.90. The van der Waals surface area contributed by atoms with Crippen LogP contribution in [0.25, 0.3) is 0 Å². The summed E-state index contributed by atoms with van der Waals surface area (Å²) in [6, 6.07) is 14.8. The molecule has 1 aliphatic heterocycles. The molecule has 1 aliphatic rings. The molecule has 0 spiro atoms. The Morgan fingerprint density at radius 2 is 1.69 bits per heavy atom. The third-order valence-corrected chi connectivity index (χ3v) is 5.68. The van der Waals surface area contributed by atoms with Crippen LogP contribution in [0, 0.1) is 0 Å². The number of carbonyl (C=O) groups excluding carboxylic acids is 3. The van der Waals surface area contributed by atoms with Crippen LogP contribution >= 0.6 is 0 Å². The molecule has 0 aliphatic carbocycles. The van der Waals surface area contributed by atoms with Gasteiger partial charge in [0.05, 0.1) is 18.2 Å². The number of pyridine rings is 1. The molecule has 2 heterocycles. The summed E-state index contributed by atoms with van der Waals surface area (Å²) in [4.78, 5) is 44.2. The Labute approximate surface area is 204 Å². The van der Waals surface area contributed by atoms with Gasteiger partial charge in [0.2, 0.25) is 5.91 Å². The molecule has 0 radical (unpaired) electrons. The zero-order valence-electron chi connectivity index (χ0n) is 19.0. The van der Waals surface area contributed by atoms with Crippen molar-refractivity contribution in [3.05, 3.63) is 90.3 Å². The summed E-state index contributed by atoms with van der Waals surface area (Å²) >= 11 is 0. The lowest BCUT2D eigenvalue weighted by Gasteiger charge is -2.33. The van der Waals surface area contributed by atoms with Gasteiger partial charge in [0.1, 0.15) is 11.3 Å². The van der Waals surface area contributed by atoms with Crippen molar-refractivity contribution in [3.63, 3.8) is 0 Å². The lowest BCUT2D eigenvalue weighted by atomic mass is 9.86. The smallest absolute Gasteiger partial charge is 0.406 e. The molecule has 4 amide bonds. The van der Waals surface area contributed by atoms with E-state index in [-0.39, 0.29) is 18.0 Å². The van der Waals surface area contributed by atoms with Crippen LogP contribution in [0.4, 0.5) is 23.7 Å². The number of ether oxygens (including phenoxy) is 1. The monoisotopic (exact) mass is 498 g/mol. The normalized spacial score (nSPS) is 18.5. The largest absolute Gasteiger partial charge is 0.573 e. The van der Waals surface area contributed by atoms with Gasteiger partial charge in [0.15, 0.2) is 0 Å². The molecule has 8 nitrogen and oxygen atoms in total. The van der Waals surface area contributed by atoms with Crippen molar-refractivity contribution < 1.29 is 32.3 Å². The van der Waals surface area contributed by atoms with Gasteiger partial charge in [-0.05, 0) is 54.4 Å². The highest BCUT2D eigenvalue weighted by Crippen LogP contribution is 2.35. The van der Waals surface area contributed by atoms with E-state index in [9.17, 15) is 27.6 Å². The van der Waals surface area contributed by atoms with Crippen LogP contribution < -0.4 is 20.3 Å². The van der Waals surface area contributed by atoms with Gasteiger partial charge in [0.25, 0.3) is 5.91 Å². The van der Waals surface area contributed by atoms with Crippen molar-refractivity contribution in [2.75, 3.05) is 4.90 Å². The summed E-state index contributed by atoms with van der Waals surface area (Å²) in [5, 5.41) is 5.49. The molecule has 2 N–H and O–H groups in total. The topological polar surface area (TPSA) is 101 Å². The maximum absolute atomic E-state index is 13.6. The van der Waals surface area contributed by atoms with Gasteiger partial charge in [-0.25, -0.2) is 9.69 Å². The number of alkyl halides is 3. The number of benzene rings is 2. The maximum Gasteiger partial charge on any atom is 0.573 e. The van der Waals surface area contributed by atoms with Crippen molar-refractivity contribution in [2.45, 2.75) is 31.3 Å². The zero-order chi connectivity index (χ0) is 25.9. The summed E-state index contributed by atoms with van der Waals surface area (Å²) < 4.78 is 41.3. The number of anilines is 1. The van der Waals surface area contributed by atoms with E-state index in [1.165, 1.54) is 31.5 Å². The highest BCUT2D eigenvalue weighted by Gasteiger charge is 2.54. The third-order valence-electron chi connectivity index (χ3n) is 5.68. The lowest BCUT2D eigenvalue weighted by Crippen LogP contribution is -2.55. The SMILES string of the molecule is CC1(C(NC(=O)Cc2ccccc2)c2ccncc2)NC(=O)N(c2ccc(OC(F)(F)F)cc2)C1=O. The first-order chi connectivity index (χ1) is 17.1. The summed E-state index contributed by atoms with van der Waals surface area (Å²) in [5.74, 6) is -1.57. The van der Waals surface area contributed by atoms with E-state index >= 15 is 0 Å². The second-order valence-corrected chi connectivity index (χ2v) is 8.26. The molecule has 36 heavy (non-hydrogen) atoms. The Bertz CT molecular complexity index is 1250. The molecule has 2 aromatic carbocycles. The van der Waals surface area contributed by atoms with Crippen molar-refractivity contribution in [3.8, 4) is 5.75 Å². The first-order valence-corrected chi connectivity index (χ1v) is 10.8. The fourth-order valence-corrected chi connectivity index (χ4v) is 3.99. The average Bonchev–Trinajstić information content (AvgIpc) is 3.07. The van der Waals surface area contributed by atoms with Gasteiger partial charge < -0.3 is 15.4 Å². The van der Waals surface area contributed by atoms with E-state index < -0.39 is 35.6 Å². The molecule has 1 saturated heterocycles. The van der Waals surface area contributed by atoms with Crippen LogP contribution in [0.3, 0.4) is 0 Å². The highest BCUT2D eigenvalue weighted by atomic mass is 19.4. The molecule has 0 bridgehead atoms. The average molecular weight is 498 g/mol. The molecule has 3 aromatic rings. The van der Waals surface area contributed by atoms with Gasteiger partial charge in [-0.2, -0.15) is 0 Å². The van der Waals surface area contributed by atoms with E-state index in [1.807, 2.05) is 6.07 Å². The van der Waals surface area contributed by atoms with Crippen LogP contribution in [-0.2, 0) is 16.0 Å². The van der Waals surface area contributed by atoms with E-state index in [0.717, 1.165) is 22.6 Å². The molecular formula is C25H21F3N4O4. The Kier molecular flexibility index (Phi) is 6.65. The fraction of sp³-hybridized carbons (Fsp3) is 0.200. The molecule has 0 saturated carbocycles. The minimum atomic E-state index is -4.88. The summed E-state index contributed by atoms with van der Waals surface area (Å²) in [7, 11) is 0. The van der Waals surface area contributed by atoms with Crippen molar-refractivity contribution in [1.29, 1.82) is 0 Å². The first kappa shape index (κ1) is 24.7. The Hall–Kier alpha value is -4.41. The molecule has 1 aromatic heterocycles. The van der Waals surface area contributed by atoms with Crippen molar-refractivity contribution >= 4 is 23.5 Å². The summed E-state index contributed by atoms with van der Waals surface area (Å²) in [6.45, 7) is 1.47. The number of urea groups is 1.